The molecule has 8 nitrogen and oxygen atoms in total. The van der Waals surface area contributed by atoms with Gasteiger partial charge in [-0.15, -0.1) is 0 Å². The average Bonchev–Trinajstić information content (AvgIpc) is 2.57. The highest BCUT2D eigenvalue weighted by molar-refractivity contribution is 6.28. The van der Waals surface area contributed by atoms with Crippen LogP contribution in [0.5, 0.6) is 6.01 Å². The van der Waals surface area contributed by atoms with Gasteiger partial charge in [-0.3, -0.25) is 14.5 Å². The van der Waals surface area contributed by atoms with Crippen LogP contribution >= 0.6 is 11.6 Å². The molecule has 1 unspecified atom stereocenters. The van der Waals surface area contributed by atoms with Crippen molar-refractivity contribution in [1.82, 2.24) is 19.9 Å². The Morgan fingerprint density at radius 3 is 2.74 bits per heavy atom. The minimum Gasteiger partial charge on any atom is -0.464 e. The molecule has 1 atom stereocenters. The van der Waals surface area contributed by atoms with Crippen LogP contribution in [0.15, 0.2) is 0 Å². The zero-order valence-corrected chi connectivity index (χ0v) is 11.1. The van der Waals surface area contributed by atoms with E-state index >= 15 is 0 Å². The molecule has 1 aliphatic heterocycles. The highest BCUT2D eigenvalue weighted by atomic mass is 35.5. The Bertz CT molecular complexity index is 524. The molecular formula is C10H12ClN5O3. The van der Waals surface area contributed by atoms with Crippen LogP contribution in [-0.4, -0.2) is 51.4 Å². The van der Waals surface area contributed by atoms with E-state index in [0.29, 0.717) is 6.61 Å². The lowest BCUT2D eigenvalue weighted by molar-refractivity contribution is -0.136. The average molecular weight is 286 g/mol. The van der Waals surface area contributed by atoms with Gasteiger partial charge in [0.05, 0.1) is 13.0 Å². The number of likely N-dealkylation sites (tertiary alicyclic amines) is 1. The van der Waals surface area contributed by atoms with Crippen LogP contribution in [0.4, 0.5) is 5.95 Å². The molecule has 1 fully saturated rings. The van der Waals surface area contributed by atoms with Crippen LogP contribution in [0.3, 0.4) is 0 Å². The largest absolute Gasteiger partial charge is 0.464 e. The molecule has 0 bridgehead atoms. The maximum Gasteiger partial charge on any atom is 0.322 e. The molecule has 0 aromatic carbocycles. The minimum absolute atomic E-state index is 0.0499. The van der Waals surface area contributed by atoms with Crippen molar-refractivity contribution in [3.63, 3.8) is 0 Å². The number of hydrogen-bond donors (Lipinski definition) is 1. The number of aromatic nitrogens is 3. The summed E-state index contributed by atoms with van der Waals surface area (Å²) >= 11 is 5.72. The second-order valence-corrected chi connectivity index (χ2v) is 4.17. The fourth-order valence-corrected chi connectivity index (χ4v) is 1.77. The van der Waals surface area contributed by atoms with Crippen molar-refractivity contribution in [2.24, 2.45) is 0 Å². The van der Waals surface area contributed by atoms with E-state index < -0.39 is 6.04 Å². The number of carbonyl (C=O) groups excluding carboxylic acids is 2. The number of ether oxygens (including phenoxy) is 1. The summed E-state index contributed by atoms with van der Waals surface area (Å²) in [5.41, 5.74) is 0. The molecule has 0 radical (unpaired) electrons. The lowest BCUT2D eigenvalue weighted by atomic mass is 10.2. The van der Waals surface area contributed by atoms with Crippen LogP contribution in [0.2, 0.25) is 5.28 Å². The van der Waals surface area contributed by atoms with Crippen molar-refractivity contribution in [3.05, 3.63) is 5.28 Å². The van der Waals surface area contributed by atoms with E-state index in [0.717, 1.165) is 4.90 Å². The zero-order chi connectivity index (χ0) is 14.0. The molecule has 1 aromatic rings. The summed E-state index contributed by atoms with van der Waals surface area (Å²) in [7, 11) is 1.43. The molecule has 1 saturated heterocycles. The predicted octanol–water partition coefficient (Wildman–Crippen LogP) is 0.0929. The van der Waals surface area contributed by atoms with Gasteiger partial charge in [-0.25, -0.2) is 0 Å². The summed E-state index contributed by atoms with van der Waals surface area (Å²) in [5.74, 6) is -0.489. The Labute approximate surface area is 114 Å². The third-order valence-electron chi connectivity index (χ3n) is 2.55. The van der Waals surface area contributed by atoms with Gasteiger partial charge in [-0.05, 0) is 18.5 Å². The van der Waals surface area contributed by atoms with Gasteiger partial charge in [0.25, 0.3) is 5.91 Å². The van der Waals surface area contributed by atoms with Gasteiger partial charge in [0.15, 0.2) is 0 Å². The predicted molar refractivity (Wildman–Crippen MR) is 65.8 cm³/mol. The normalized spacial score (nSPS) is 18.9. The van der Waals surface area contributed by atoms with Crippen LogP contribution in [0.25, 0.3) is 0 Å². The summed E-state index contributed by atoms with van der Waals surface area (Å²) in [5, 5.41) is 2.70. The van der Waals surface area contributed by atoms with E-state index in [1.807, 2.05) is 0 Å². The SMILES string of the molecule is CCOc1nc(Cl)nc(NC2CC(=O)N(C)C2=O)n1. The van der Waals surface area contributed by atoms with Crippen LogP contribution in [-0.2, 0) is 9.59 Å². The Balaban J connectivity index is 2.15. The van der Waals surface area contributed by atoms with Crippen molar-refractivity contribution in [2.45, 2.75) is 19.4 Å². The van der Waals surface area contributed by atoms with Crippen molar-refractivity contribution in [1.29, 1.82) is 0 Å². The first-order valence-electron chi connectivity index (χ1n) is 5.62. The summed E-state index contributed by atoms with van der Waals surface area (Å²) < 4.78 is 5.11. The molecule has 0 spiro atoms. The van der Waals surface area contributed by atoms with Gasteiger partial charge >= 0.3 is 6.01 Å². The second-order valence-electron chi connectivity index (χ2n) is 3.84. The van der Waals surface area contributed by atoms with Crippen LogP contribution in [0.1, 0.15) is 13.3 Å². The fraction of sp³-hybridized carbons (Fsp3) is 0.500. The van der Waals surface area contributed by atoms with Gasteiger partial charge in [0.2, 0.25) is 17.1 Å². The Hall–Kier alpha value is -1.96. The van der Waals surface area contributed by atoms with Crippen molar-refractivity contribution < 1.29 is 14.3 Å². The number of imide groups is 1. The monoisotopic (exact) mass is 285 g/mol. The van der Waals surface area contributed by atoms with E-state index in [2.05, 4.69) is 20.3 Å². The fourth-order valence-electron chi connectivity index (χ4n) is 1.61. The number of amides is 2. The summed E-state index contributed by atoms with van der Waals surface area (Å²) in [6.07, 6.45) is 0.0581. The minimum atomic E-state index is -0.689. The highest BCUT2D eigenvalue weighted by Gasteiger charge is 2.36. The summed E-state index contributed by atoms with van der Waals surface area (Å²) in [6, 6.07) is -0.624. The van der Waals surface area contributed by atoms with Crippen molar-refractivity contribution >= 4 is 29.4 Å². The highest BCUT2D eigenvalue weighted by Crippen LogP contribution is 2.17. The molecule has 1 aromatic heterocycles. The van der Waals surface area contributed by atoms with Crippen molar-refractivity contribution in [3.8, 4) is 6.01 Å². The lowest BCUT2D eigenvalue weighted by Crippen LogP contribution is -2.32. The molecule has 9 heteroatoms. The first kappa shape index (κ1) is 13.5. The number of carbonyl (C=O) groups is 2. The number of rotatable bonds is 4. The summed E-state index contributed by atoms with van der Waals surface area (Å²) in [6.45, 7) is 2.16. The quantitative estimate of drug-likeness (QED) is 0.783. The first-order chi connectivity index (χ1) is 9.01. The molecule has 19 heavy (non-hydrogen) atoms. The van der Waals surface area contributed by atoms with E-state index in [1.165, 1.54) is 7.05 Å². The van der Waals surface area contributed by atoms with E-state index in [-0.39, 0.29) is 35.5 Å². The molecule has 2 rings (SSSR count). The maximum absolute atomic E-state index is 11.7. The number of nitrogens with one attached hydrogen (secondary N) is 1. The molecule has 2 amide bonds. The number of anilines is 1. The lowest BCUT2D eigenvalue weighted by Gasteiger charge is -2.11. The molecule has 0 saturated carbocycles. The Morgan fingerprint density at radius 2 is 2.16 bits per heavy atom. The van der Waals surface area contributed by atoms with Crippen LogP contribution < -0.4 is 10.1 Å². The van der Waals surface area contributed by atoms with Crippen LogP contribution in [0, 0.1) is 0 Å². The number of likely N-dealkylation sites (N-methyl/N-ethyl adjacent to an activating group) is 1. The Morgan fingerprint density at radius 1 is 1.42 bits per heavy atom. The second kappa shape index (κ2) is 5.35. The molecule has 0 aliphatic carbocycles. The van der Waals surface area contributed by atoms with Crippen molar-refractivity contribution in [2.75, 3.05) is 19.0 Å². The molecule has 1 N–H and O–H groups in total. The third kappa shape index (κ3) is 2.90. The topological polar surface area (TPSA) is 97.3 Å². The van der Waals surface area contributed by atoms with E-state index in [1.54, 1.807) is 6.92 Å². The van der Waals surface area contributed by atoms with Gasteiger partial charge < -0.3 is 10.1 Å². The van der Waals surface area contributed by atoms with E-state index in [9.17, 15) is 9.59 Å². The molecule has 102 valence electrons. The maximum atomic E-state index is 11.7. The Kier molecular flexibility index (Phi) is 3.79. The van der Waals surface area contributed by atoms with Gasteiger partial charge in [0.1, 0.15) is 6.04 Å². The van der Waals surface area contributed by atoms with Gasteiger partial charge in [0, 0.05) is 7.05 Å². The zero-order valence-electron chi connectivity index (χ0n) is 10.4. The van der Waals surface area contributed by atoms with Gasteiger partial charge in [-0.1, -0.05) is 0 Å². The molecule has 2 heterocycles. The summed E-state index contributed by atoms with van der Waals surface area (Å²) in [4.78, 5) is 35.7. The first-order valence-corrected chi connectivity index (χ1v) is 6.00. The van der Waals surface area contributed by atoms with E-state index in [4.69, 9.17) is 16.3 Å². The smallest absolute Gasteiger partial charge is 0.322 e. The molecule has 1 aliphatic rings. The third-order valence-corrected chi connectivity index (χ3v) is 2.71. The van der Waals surface area contributed by atoms with Gasteiger partial charge in [-0.2, -0.15) is 15.0 Å². The molecular weight excluding hydrogens is 274 g/mol. The number of halogens is 1. The number of hydrogen-bond acceptors (Lipinski definition) is 7. The number of nitrogens with zero attached hydrogens (tertiary/aromatic N) is 4. The standard InChI is InChI=1S/C10H12ClN5O3/c1-3-19-10-14-8(11)13-9(15-10)12-5-4-6(17)16(2)7(5)18/h5H,3-4H2,1-2H3,(H,12,13,14,15).